The molecule has 0 bridgehead atoms. The van der Waals surface area contributed by atoms with Crippen molar-refractivity contribution in [2.45, 2.75) is 26.9 Å². The van der Waals surface area contributed by atoms with Crippen LogP contribution in [-0.4, -0.2) is 44.3 Å². The smallest absolute Gasteiger partial charge is 0.435 e. The minimum Gasteiger partial charge on any atom is -0.508 e. The first-order valence-corrected chi connectivity index (χ1v) is 10.1. The van der Waals surface area contributed by atoms with E-state index < -0.39 is 12.0 Å². The van der Waals surface area contributed by atoms with Gasteiger partial charge in [-0.1, -0.05) is 17.7 Å². The molecule has 0 unspecified atom stereocenters. The molecule has 2 heterocycles. The standard InChI is InChI=1S/C23H22N4O5/c1-3-32-23(31)27-19-13-26(22(30)16-6-4-14(2)5-7-16)12-18(19)20(25-27)24-21(29)15-8-10-17(28)11-9-15/h4-11,28H,3,12-13H2,1-2H3,(H,24,25,29). The van der Waals surface area contributed by atoms with Crippen LogP contribution in [-0.2, 0) is 17.8 Å². The SMILES string of the molecule is CCOC(=O)n1nc(NC(=O)c2ccc(O)cc2)c2c1CN(C(=O)c1ccc(C)cc1)C2. The molecule has 1 aliphatic heterocycles. The molecule has 9 nitrogen and oxygen atoms in total. The molecule has 32 heavy (non-hydrogen) atoms. The van der Waals surface area contributed by atoms with E-state index in [0.717, 1.165) is 10.2 Å². The van der Waals surface area contributed by atoms with Gasteiger partial charge in [0.1, 0.15) is 5.75 Å². The average molecular weight is 434 g/mol. The number of hydrogen-bond acceptors (Lipinski definition) is 6. The Morgan fingerprint density at radius 2 is 1.69 bits per heavy atom. The van der Waals surface area contributed by atoms with E-state index >= 15 is 0 Å². The van der Waals surface area contributed by atoms with E-state index in [2.05, 4.69) is 10.4 Å². The summed E-state index contributed by atoms with van der Waals surface area (Å²) in [4.78, 5) is 39.7. The number of anilines is 1. The van der Waals surface area contributed by atoms with Gasteiger partial charge >= 0.3 is 6.09 Å². The number of nitrogens with zero attached hydrogens (tertiary/aromatic N) is 3. The summed E-state index contributed by atoms with van der Waals surface area (Å²) < 4.78 is 6.17. The van der Waals surface area contributed by atoms with Gasteiger partial charge in [-0.3, -0.25) is 9.59 Å². The van der Waals surface area contributed by atoms with Gasteiger partial charge in [0, 0.05) is 16.7 Å². The van der Waals surface area contributed by atoms with Crippen LogP contribution >= 0.6 is 0 Å². The Morgan fingerprint density at radius 3 is 2.34 bits per heavy atom. The summed E-state index contributed by atoms with van der Waals surface area (Å²) >= 11 is 0. The summed E-state index contributed by atoms with van der Waals surface area (Å²) in [6.45, 7) is 4.13. The highest BCUT2D eigenvalue weighted by atomic mass is 16.6. The number of aromatic nitrogens is 2. The Labute approximate surface area is 184 Å². The van der Waals surface area contributed by atoms with Crippen molar-refractivity contribution in [3.8, 4) is 5.75 Å². The van der Waals surface area contributed by atoms with Gasteiger partial charge in [-0.05, 0) is 50.2 Å². The Hall–Kier alpha value is -4.14. The summed E-state index contributed by atoms with van der Waals surface area (Å²) in [7, 11) is 0. The normalized spacial score (nSPS) is 12.4. The molecule has 0 atom stereocenters. The van der Waals surface area contributed by atoms with Crippen molar-refractivity contribution in [3.05, 3.63) is 76.5 Å². The Morgan fingerprint density at radius 1 is 1.03 bits per heavy atom. The average Bonchev–Trinajstić information content (AvgIpc) is 3.35. The first-order valence-electron chi connectivity index (χ1n) is 10.1. The van der Waals surface area contributed by atoms with E-state index in [1.807, 2.05) is 19.1 Å². The number of phenols is 1. The highest BCUT2D eigenvalue weighted by Crippen LogP contribution is 2.31. The second kappa shape index (κ2) is 8.54. The first kappa shape index (κ1) is 21.1. The van der Waals surface area contributed by atoms with Crippen molar-refractivity contribution in [1.29, 1.82) is 0 Å². The minimum absolute atomic E-state index is 0.0410. The maximum absolute atomic E-state index is 13.0. The molecule has 1 aliphatic rings. The van der Waals surface area contributed by atoms with Gasteiger partial charge in [0.05, 0.1) is 25.4 Å². The lowest BCUT2D eigenvalue weighted by Gasteiger charge is -2.17. The summed E-state index contributed by atoms with van der Waals surface area (Å²) in [6.07, 6.45) is -0.682. The van der Waals surface area contributed by atoms with E-state index in [1.165, 1.54) is 24.3 Å². The number of nitrogens with one attached hydrogen (secondary N) is 1. The Kier molecular flexibility index (Phi) is 5.63. The van der Waals surface area contributed by atoms with Crippen LogP contribution in [0.25, 0.3) is 0 Å². The highest BCUT2D eigenvalue weighted by molar-refractivity contribution is 6.04. The number of amides is 2. The lowest BCUT2D eigenvalue weighted by Crippen LogP contribution is -2.27. The molecule has 0 aliphatic carbocycles. The predicted molar refractivity (Wildman–Crippen MR) is 115 cm³/mol. The molecule has 3 aromatic rings. The van der Waals surface area contributed by atoms with Crippen molar-refractivity contribution < 1.29 is 24.2 Å². The number of carbonyl (C=O) groups excluding carboxylic acids is 3. The van der Waals surface area contributed by atoms with Crippen LogP contribution in [0.5, 0.6) is 5.75 Å². The topological polar surface area (TPSA) is 114 Å². The maximum Gasteiger partial charge on any atom is 0.435 e. The van der Waals surface area contributed by atoms with Crippen LogP contribution in [0.4, 0.5) is 10.6 Å². The number of carbonyl (C=O) groups is 3. The predicted octanol–water partition coefficient (Wildman–Crippen LogP) is 3.31. The summed E-state index contributed by atoms with van der Waals surface area (Å²) in [5, 5.41) is 16.4. The molecule has 9 heteroatoms. The number of fused-ring (bicyclic) bond motifs is 1. The van der Waals surface area contributed by atoms with Gasteiger partial charge in [0.15, 0.2) is 5.82 Å². The highest BCUT2D eigenvalue weighted by Gasteiger charge is 2.34. The van der Waals surface area contributed by atoms with Crippen LogP contribution < -0.4 is 5.32 Å². The molecule has 1 aromatic heterocycles. The van der Waals surface area contributed by atoms with Crippen LogP contribution in [0.15, 0.2) is 48.5 Å². The fourth-order valence-electron chi connectivity index (χ4n) is 3.49. The monoisotopic (exact) mass is 434 g/mol. The third-order valence-corrected chi connectivity index (χ3v) is 5.17. The second-order valence-corrected chi connectivity index (χ2v) is 7.41. The zero-order valence-electron chi connectivity index (χ0n) is 17.7. The Balaban J connectivity index is 1.62. The van der Waals surface area contributed by atoms with Crippen molar-refractivity contribution in [3.63, 3.8) is 0 Å². The van der Waals surface area contributed by atoms with Gasteiger partial charge in [-0.2, -0.15) is 4.68 Å². The molecule has 164 valence electrons. The number of rotatable bonds is 4. The third kappa shape index (κ3) is 4.04. The quantitative estimate of drug-likeness (QED) is 0.651. The summed E-state index contributed by atoms with van der Waals surface area (Å²) in [5.41, 5.74) is 2.96. The van der Waals surface area contributed by atoms with Crippen LogP contribution in [0.3, 0.4) is 0 Å². The van der Waals surface area contributed by atoms with E-state index in [0.29, 0.717) is 22.4 Å². The number of aryl methyl sites for hydroxylation is 1. The van der Waals surface area contributed by atoms with Gasteiger partial charge < -0.3 is 20.1 Å². The van der Waals surface area contributed by atoms with E-state index in [9.17, 15) is 19.5 Å². The molecule has 0 spiro atoms. The first-order chi connectivity index (χ1) is 15.4. The molecule has 0 saturated carbocycles. The molecule has 2 N–H and O–H groups in total. The van der Waals surface area contributed by atoms with Crippen LogP contribution in [0, 0.1) is 6.92 Å². The minimum atomic E-state index is -0.682. The van der Waals surface area contributed by atoms with E-state index in [4.69, 9.17) is 4.74 Å². The molecule has 0 radical (unpaired) electrons. The van der Waals surface area contributed by atoms with Crippen LogP contribution in [0.2, 0.25) is 0 Å². The number of phenolic OH excluding ortho intramolecular Hbond substituents is 1. The van der Waals surface area contributed by atoms with Crippen molar-refractivity contribution in [2.24, 2.45) is 0 Å². The zero-order chi connectivity index (χ0) is 22.8. The molecule has 0 fully saturated rings. The van der Waals surface area contributed by atoms with Crippen molar-refractivity contribution in [1.82, 2.24) is 14.7 Å². The molecule has 0 saturated heterocycles. The lowest BCUT2D eigenvalue weighted by atomic mass is 10.1. The molecule has 2 amide bonds. The van der Waals surface area contributed by atoms with E-state index in [-0.39, 0.29) is 37.2 Å². The van der Waals surface area contributed by atoms with Crippen molar-refractivity contribution in [2.75, 3.05) is 11.9 Å². The van der Waals surface area contributed by atoms with E-state index in [1.54, 1.807) is 24.0 Å². The number of ether oxygens (including phenoxy) is 1. The third-order valence-electron chi connectivity index (χ3n) is 5.17. The van der Waals surface area contributed by atoms with Gasteiger partial charge in [-0.15, -0.1) is 5.10 Å². The maximum atomic E-state index is 13.0. The summed E-state index contributed by atoms with van der Waals surface area (Å²) in [6, 6.07) is 13.0. The number of hydrogen-bond donors (Lipinski definition) is 2. The number of benzene rings is 2. The largest absolute Gasteiger partial charge is 0.508 e. The molecular weight excluding hydrogens is 412 g/mol. The Bertz CT molecular complexity index is 1180. The van der Waals surface area contributed by atoms with Gasteiger partial charge in [-0.25, -0.2) is 4.79 Å². The fraction of sp³-hybridized carbons (Fsp3) is 0.217. The molecule has 2 aromatic carbocycles. The summed E-state index contributed by atoms with van der Waals surface area (Å²) in [5.74, 6) is -0.415. The second-order valence-electron chi connectivity index (χ2n) is 7.41. The van der Waals surface area contributed by atoms with Crippen molar-refractivity contribution >= 4 is 23.7 Å². The van der Waals surface area contributed by atoms with Gasteiger partial charge in [0.2, 0.25) is 0 Å². The van der Waals surface area contributed by atoms with Crippen LogP contribution in [0.1, 0.15) is 44.5 Å². The fourth-order valence-corrected chi connectivity index (χ4v) is 3.49. The van der Waals surface area contributed by atoms with Gasteiger partial charge in [0.25, 0.3) is 11.8 Å². The number of aromatic hydroxyl groups is 1. The zero-order valence-corrected chi connectivity index (χ0v) is 17.7. The molecular formula is C23H22N4O5. The lowest BCUT2D eigenvalue weighted by molar-refractivity contribution is 0.0747. The molecule has 4 rings (SSSR count).